The van der Waals surface area contributed by atoms with Crippen LogP contribution in [-0.4, -0.2) is 43.8 Å². The third-order valence-corrected chi connectivity index (χ3v) is 4.84. The summed E-state index contributed by atoms with van der Waals surface area (Å²) in [6, 6.07) is 0. The predicted molar refractivity (Wildman–Crippen MR) is 96.2 cm³/mol. The molecule has 25 heavy (non-hydrogen) atoms. The third kappa shape index (κ3) is 6.08. The SMILES string of the molecule is CC/C=C\C[C@@H]1[C@@H](CCOCC(=O)OC(C)(C)C)CCC12OCCO2. The average Bonchev–Trinajstić information content (AvgIpc) is 3.12. The summed E-state index contributed by atoms with van der Waals surface area (Å²) in [6.45, 7) is 9.68. The third-order valence-electron chi connectivity index (χ3n) is 4.84. The second-order valence-electron chi connectivity index (χ2n) is 7.96. The molecule has 1 saturated heterocycles. The van der Waals surface area contributed by atoms with Gasteiger partial charge in [-0.05, 0) is 52.4 Å². The van der Waals surface area contributed by atoms with Crippen molar-refractivity contribution in [3.05, 3.63) is 12.2 Å². The monoisotopic (exact) mass is 354 g/mol. The lowest BCUT2D eigenvalue weighted by Gasteiger charge is -2.31. The van der Waals surface area contributed by atoms with Gasteiger partial charge >= 0.3 is 5.97 Å². The fraction of sp³-hybridized carbons (Fsp3) is 0.850. The summed E-state index contributed by atoms with van der Waals surface area (Å²) in [5, 5.41) is 0. The van der Waals surface area contributed by atoms with E-state index < -0.39 is 11.4 Å². The van der Waals surface area contributed by atoms with Crippen LogP contribution in [0.4, 0.5) is 0 Å². The fourth-order valence-electron chi connectivity index (χ4n) is 3.85. The number of carbonyl (C=O) groups is 1. The molecule has 2 fully saturated rings. The van der Waals surface area contributed by atoms with Gasteiger partial charge in [0, 0.05) is 18.9 Å². The zero-order valence-corrected chi connectivity index (χ0v) is 16.2. The van der Waals surface area contributed by atoms with Gasteiger partial charge in [0.25, 0.3) is 0 Å². The second-order valence-corrected chi connectivity index (χ2v) is 7.96. The van der Waals surface area contributed by atoms with E-state index in [0.717, 1.165) is 32.1 Å². The molecule has 0 radical (unpaired) electrons. The van der Waals surface area contributed by atoms with Crippen molar-refractivity contribution in [2.24, 2.45) is 11.8 Å². The zero-order valence-electron chi connectivity index (χ0n) is 16.2. The molecule has 0 aromatic carbocycles. The van der Waals surface area contributed by atoms with Crippen molar-refractivity contribution in [3.8, 4) is 0 Å². The maximum Gasteiger partial charge on any atom is 0.332 e. The first-order chi connectivity index (χ1) is 11.9. The minimum Gasteiger partial charge on any atom is -0.458 e. The summed E-state index contributed by atoms with van der Waals surface area (Å²) >= 11 is 0. The Morgan fingerprint density at radius 2 is 1.96 bits per heavy atom. The van der Waals surface area contributed by atoms with Crippen molar-refractivity contribution in [2.75, 3.05) is 26.4 Å². The van der Waals surface area contributed by atoms with Crippen LogP contribution in [0.1, 0.15) is 59.8 Å². The molecule has 1 heterocycles. The highest BCUT2D eigenvalue weighted by Crippen LogP contribution is 2.48. The summed E-state index contributed by atoms with van der Waals surface area (Å²) in [4.78, 5) is 11.7. The number of carbonyl (C=O) groups excluding carboxylic acids is 1. The van der Waals surface area contributed by atoms with Crippen molar-refractivity contribution >= 4 is 5.97 Å². The molecular formula is C20H34O5. The van der Waals surface area contributed by atoms with E-state index in [4.69, 9.17) is 18.9 Å². The Balaban J connectivity index is 1.79. The van der Waals surface area contributed by atoms with Crippen molar-refractivity contribution in [3.63, 3.8) is 0 Å². The molecule has 1 saturated carbocycles. The summed E-state index contributed by atoms with van der Waals surface area (Å²) in [6.07, 6.45) is 9.43. The van der Waals surface area contributed by atoms with Gasteiger partial charge in [0.1, 0.15) is 12.2 Å². The molecule has 0 amide bonds. The molecule has 1 spiro atoms. The van der Waals surface area contributed by atoms with Crippen LogP contribution in [0, 0.1) is 11.8 Å². The highest BCUT2D eigenvalue weighted by molar-refractivity contribution is 5.71. The number of ether oxygens (including phenoxy) is 4. The van der Waals surface area contributed by atoms with Gasteiger partial charge in [0.15, 0.2) is 5.79 Å². The Morgan fingerprint density at radius 1 is 1.24 bits per heavy atom. The molecule has 0 N–H and O–H groups in total. The first-order valence-corrected chi connectivity index (χ1v) is 9.59. The lowest BCUT2D eigenvalue weighted by molar-refractivity contribution is -0.186. The highest BCUT2D eigenvalue weighted by atomic mass is 16.7. The summed E-state index contributed by atoms with van der Waals surface area (Å²) in [5.41, 5.74) is -0.466. The number of hydrogen-bond acceptors (Lipinski definition) is 5. The Kier molecular flexibility index (Phi) is 7.47. The Hall–Kier alpha value is -0.910. The smallest absolute Gasteiger partial charge is 0.332 e. The van der Waals surface area contributed by atoms with Crippen LogP contribution >= 0.6 is 0 Å². The minimum absolute atomic E-state index is 0.0164. The van der Waals surface area contributed by atoms with E-state index >= 15 is 0 Å². The highest BCUT2D eigenvalue weighted by Gasteiger charge is 2.51. The van der Waals surface area contributed by atoms with Crippen LogP contribution < -0.4 is 0 Å². The molecule has 2 rings (SSSR count). The topological polar surface area (TPSA) is 54.0 Å². The lowest BCUT2D eigenvalue weighted by atomic mass is 9.87. The van der Waals surface area contributed by atoms with E-state index in [1.54, 1.807) is 0 Å². The van der Waals surface area contributed by atoms with E-state index in [1.165, 1.54) is 0 Å². The first kappa shape index (κ1) is 20.4. The van der Waals surface area contributed by atoms with Crippen LogP contribution in [-0.2, 0) is 23.7 Å². The molecule has 5 heteroatoms. The molecule has 144 valence electrons. The molecule has 0 bridgehead atoms. The summed E-state index contributed by atoms with van der Waals surface area (Å²) in [5.74, 6) is 0.162. The van der Waals surface area contributed by atoms with Crippen molar-refractivity contribution in [2.45, 2.75) is 71.2 Å². The van der Waals surface area contributed by atoms with Crippen LogP contribution in [0.2, 0.25) is 0 Å². The fourth-order valence-corrected chi connectivity index (χ4v) is 3.85. The van der Waals surface area contributed by atoms with Gasteiger partial charge < -0.3 is 18.9 Å². The Labute approximate surface area is 152 Å². The maximum atomic E-state index is 11.7. The van der Waals surface area contributed by atoms with E-state index in [2.05, 4.69) is 19.1 Å². The van der Waals surface area contributed by atoms with Crippen LogP contribution in [0.25, 0.3) is 0 Å². The Morgan fingerprint density at radius 3 is 2.60 bits per heavy atom. The van der Waals surface area contributed by atoms with Gasteiger partial charge in [-0.3, -0.25) is 0 Å². The number of esters is 1. The first-order valence-electron chi connectivity index (χ1n) is 9.59. The number of rotatable bonds is 8. The van der Waals surface area contributed by atoms with Crippen LogP contribution in [0.5, 0.6) is 0 Å². The molecular weight excluding hydrogens is 320 g/mol. The van der Waals surface area contributed by atoms with E-state index in [1.807, 2.05) is 20.8 Å². The standard InChI is InChI=1S/C20H34O5/c1-5-6-7-8-17-16(9-11-20(17)23-13-14-24-20)10-12-22-15-18(21)25-19(2,3)4/h6-7,16-17H,5,8-15H2,1-4H3/b7-6-/t16-,17-/m1/s1. The van der Waals surface area contributed by atoms with Gasteiger partial charge in [0.05, 0.1) is 13.2 Å². The maximum absolute atomic E-state index is 11.7. The van der Waals surface area contributed by atoms with Gasteiger partial charge in [-0.25, -0.2) is 4.79 Å². The quantitative estimate of drug-likeness (QED) is 0.376. The molecule has 2 aliphatic rings. The largest absolute Gasteiger partial charge is 0.458 e. The van der Waals surface area contributed by atoms with E-state index in [9.17, 15) is 4.79 Å². The summed E-state index contributed by atoms with van der Waals surface area (Å²) in [7, 11) is 0. The van der Waals surface area contributed by atoms with Crippen LogP contribution in [0.15, 0.2) is 12.2 Å². The van der Waals surface area contributed by atoms with Crippen molar-refractivity contribution in [1.29, 1.82) is 0 Å². The van der Waals surface area contributed by atoms with Gasteiger partial charge in [-0.1, -0.05) is 19.1 Å². The number of hydrogen-bond donors (Lipinski definition) is 0. The predicted octanol–water partition coefficient (Wildman–Crippen LogP) is 3.86. The molecule has 2 atom stereocenters. The van der Waals surface area contributed by atoms with Crippen LogP contribution in [0.3, 0.4) is 0 Å². The average molecular weight is 354 g/mol. The molecule has 1 aliphatic carbocycles. The van der Waals surface area contributed by atoms with E-state index in [0.29, 0.717) is 31.7 Å². The molecule has 0 aromatic rings. The molecule has 1 aliphatic heterocycles. The molecule has 0 aromatic heterocycles. The van der Waals surface area contributed by atoms with Crippen molar-refractivity contribution < 1.29 is 23.7 Å². The lowest BCUT2D eigenvalue weighted by Crippen LogP contribution is -2.36. The van der Waals surface area contributed by atoms with Gasteiger partial charge in [-0.2, -0.15) is 0 Å². The van der Waals surface area contributed by atoms with Gasteiger partial charge in [-0.15, -0.1) is 0 Å². The summed E-state index contributed by atoms with van der Waals surface area (Å²) < 4.78 is 22.8. The number of allylic oxidation sites excluding steroid dienone is 2. The molecule has 0 unspecified atom stereocenters. The minimum atomic E-state index is -0.466. The second kappa shape index (κ2) is 9.15. The normalized spacial score (nSPS) is 25.9. The Bertz CT molecular complexity index is 445. The van der Waals surface area contributed by atoms with Crippen molar-refractivity contribution in [1.82, 2.24) is 0 Å². The van der Waals surface area contributed by atoms with Gasteiger partial charge in [0.2, 0.25) is 0 Å². The van der Waals surface area contributed by atoms with E-state index in [-0.39, 0.29) is 12.6 Å². The molecule has 5 nitrogen and oxygen atoms in total. The zero-order chi connectivity index (χ0) is 18.3.